The Morgan fingerprint density at radius 3 is 1.71 bits per heavy atom. The van der Waals surface area contributed by atoms with Crippen LogP contribution in [0.3, 0.4) is 0 Å². The Morgan fingerprint density at radius 2 is 1.29 bits per heavy atom. The topological polar surface area (TPSA) is 6.48 Å². The first-order valence-electron chi connectivity index (χ1n) is 6.75. The van der Waals surface area contributed by atoms with Crippen molar-refractivity contribution in [2.24, 2.45) is 5.92 Å². The van der Waals surface area contributed by atoms with Gasteiger partial charge in [0.2, 0.25) is 0 Å². The number of likely N-dealkylation sites (N-methyl/N-ethyl adjacent to an activating group) is 1. The van der Waals surface area contributed by atoms with E-state index in [9.17, 15) is 0 Å². The van der Waals surface area contributed by atoms with Crippen molar-refractivity contribution >= 4 is 0 Å². The molecule has 0 spiro atoms. The maximum absolute atomic E-state index is 2.62. The largest absolute Gasteiger partial charge is 0.304 e. The maximum Gasteiger partial charge on any atom is 0.0110 e. The molecular formula is C15H24N2. The summed E-state index contributed by atoms with van der Waals surface area (Å²) in [6, 6.07) is 12.0. The predicted octanol–water partition coefficient (Wildman–Crippen LogP) is 2.33. The van der Waals surface area contributed by atoms with Gasteiger partial charge in [-0.2, -0.15) is 0 Å². The first-order valence-corrected chi connectivity index (χ1v) is 6.75. The molecule has 2 nitrogen and oxygen atoms in total. The molecule has 1 aliphatic carbocycles. The molecule has 2 aliphatic rings. The van der Waals surface area contributed by atoms with E-state index in [1.54, 1.807) is 0 Å². The Labute approximate surface area is 105 Å². The molecule has 0 aromatic heterocycles. The molecule has 1 aromatic carbocycles. The summed E-state index contributed by atoms with van der Waals surface area (Å²) in [5.41, 5.74) is 0. The van der Waals surface area contributed by atoms with Crippen molar-refractivity contribution in [2.75, 3.05) is 39.8 Å². The third-order valence-electron chi connectivity index (χ3n) is 3.48. The van der Waals surface area contributed by atoms with Crippen LogP contribution in [0.1, 0.15) is 12.8 Å². The zero-order valence-electron chi connectivity index (χ0n) is 10.9. The lowest BCUT2D eigenvalue weighted by Gasteiger charge is -2.32. The number of benzene rings is 1. The molecular weight excluding hydrogens is 208 g/mol. The van der Waals surface area contributed by atoms with Crippen LogP contribution in [-0.2, 0) is 0 Å². The van der Waals surface area contributed by atoms with Gasteiger partial charge in [-0.3, -0.25) is 0 Å². The van der Waals surface area contributed by atoms with Gasteiger partial charge in [0.1, 0.15) is 0 Å². The number of nitrogens with zero attached hydrogens (tertiary/aromatic N) is 2. The molecule has 0 N–H and O–H groups in total. The van der Waals surface area contributed by atoms with Crippen molar-refractivity contribution in [3.05, 3.63) is 36.4 Å². The molecule has 1 aliphatic heterocycles. The van der Waals surface area contributed by atoms with E-state index in [-0.39, 0.29) is 0 Å². The van der Waals surface area contributed by atoms with Gasteiger partial charge in [0.05, 0.1) is 0 Å². The van der Waals surface area contributed by atoms with Gasteiger partial charge in [-0.05, 0) is 25.8 Å². The Bertz CT molecular complexity index is 260. The summed E-state index contributed by atoms with van der Waals surface area (Å²) in [5.74, 6) is 1.07. The van der Waals surface area contributed by atoms with E-state index < -0.39 is 0 Å². The Kier molecular flexibility index (Phi) is 5.02. The molecule has 1 heterocycles. The molecule has 0 bridgehead atoms. The lowest BCUT2D eigenvalue weighted by Crippen LogP contribution is -2.45. The second-order valence-corrected chi connectivity index (χ2v) is 5.20. The van der Waals surface area contributed by atoms with Gasteiger partial charge < -0.3 is 9.80 Å². The summed E-state index contributed by atoms with van der Waals surface area (Å²) in [6.45, 7) is 6.52. The average Bonchev–Trinajstić information content (AvgIpc) is 3.19. The first kappa shape index (κ1) is 12.6. The molecule has 1 aromatic rings. The lowest BCUT2D eigenvalue weighted by molar-refractivity contribution is 0.149. The van der Waals surface area contributed by atoms with E-state index in [2.05, 4.69) is 16.8 Å². The van der Waals surface area contributed by atoms with Crippen molar-refractivity contribution < 1.29 is 0 Å². The summed E-state index contributed by atoms with van der Waals surface area (Å²) >= 11 is 0. The van der Waals surface area contributed by atoms with E-state index >= 15 is 0 Å². The van der Waals surface area contributed by atoms with Crippen LogP contribution in [-0.4, -0.2) is 49.6 Å². The van der Waals surface area contributed by atoms with Crippen LogP contribution >= 0.6 is 0 Å². The maximum atomic E-state index is 2.62. The second-order valence-electron chi connectivity index (χ2n) is 5.20. The van der Waals surface area contributed by atoms with Crippen molar-refractivity contribution in [1.82, 2.24) is 9.80 Å². The lowest BCUT2D eigenvalue weighted by atomic mass is 10.3. The number of piperazine rings is 1. The van der Waals surface area contributed by atoms with Gasteiger partial charge in [-0.25, -0.2) is 0 Å². The van der Waals surface area contributed by atoms with Crippen LogP contribution in [0.5, 0.6) is 0 Å². The zero-order chi connectivity index (χ0) is 11.9. The number of hydrogen-bond acceptors (Lipinski definition) is 2. The van der Waals surface area contributed by atoms with Crippen LogP contribution < -0.4 is 0 Å². The fourth-order valence-corrected chi connectivity index (χ4v) is 2.08. The van der Waals surface area contributed by atoms with Gasteiger partial charge in [0.25, 0.3) is 0 Å². The van der Waals surface area contributed by atoms with Gasteiger partial charge in [-0.1, -0.05) is 36.4 Å². The minimum Gasteiger partial charge on any atom is -0.304 e. The summed E-state index contributed by atoms with van der Waals surface area (Å²) in [4.78, 5) is 5.04. The van der Waals surface area contributed by atoms with Gasteiger partial charge >= 0.3 is 0 Å². The van der Waals surface area contributed by atoms with E-state index in [0.717, 1.165) is 5.92 Å². The van der Waals surface area contributed by atoms with Crippen molar-refractivity contribution in [3.63, 3.8) is 0 Å². The Morgan fingerprint density at radius 1 is 0.824 bits per heavy atom. The normalized spacial score (nSPS) is 21.7. The molecule has 2 heteroatoms. The summed E-state index contributed by atoms with van der Waals surface area (Å²) in [6.07, 6.45) is 2.98. The molecule has 1 saturated carbocycles. The third kappa shape index (κ3) is 5.33. The van der Waals surface area contributed by atoms with Crippen molar-refractivity contribution in [2.45, 2.75) is 12.8 Å². The highest BCUT2D eigenvalue weighted by molar-refractivity contribution is 4.99. The molecule has 0 amide bonds. The fraction of sp³-hybridized carbons (Fsp3) is 0.600. The molecule has 17 heavy (non-hydrogen) atoms. The van der Waals surface area contributed by atoms with E-state index in [1.807, 2.05) is 36.4 Å². The Hall–Kier alpha value is -0.860. The van der Waals surface area contributed by atoms with Crippen LogP contribution in [0.2, 0.25) is 0 Å². The summed E-state index contributed by atoms with van der Waals surface area (Å²) < 4.78 is 0. The molecule has 94 valence electrons. The molecule has 0 atom stereocenters. The quantitative estimate of drug-likeness (QED) is 0.772. The highest BCUT2D eigenvalue weighted by Crippen LogP contribution is 2.29. The molecule has 2 fully saturated rings. The summed E-state index contributed by atoms with van der Waals surface area (Å²) in [5, 5.41) is 0. The minimum absolute atomic E-state index is 1.07. The summed E-state index contributed by atoms with van der Waals surface area (Å²) in [7, 11) is 2.22. The minimum atomic E-state index is 1.07. The molecule has 0 radical (unpaired) electrons. The number of hydrogen-bond donors (Lipinski definition) is 0. The zero-order valence-corrected chi connectivity index (χ0v) is 10.9. The van der Waals surface area contributed by atoms with Crippen LogP contribution in [0, 0.1) is 5.92 Å². The Balaban J connectivity index is 0.000000153. The van der Waals surface area contributed by atoms with Gasteiger partial charge in [-0.15, -0.1) is 0 Å². The monoisotopic (exact) mass is 232 g/mol. The highest BCUT2D eigenvalue weighted by Gasteiger charge is 2.25. The van der Waals surface area contributed by atoms with Crippen molar-refractivity contribution in [1.29, 1.82) is 0 Å². The van der Waals surface area contributed by atoms with Crippen LogP contribution in [0.15, 0.2) is 36.4 Å². The van der Waals surface area contributed by atoms with E-state index in [4.69, 9.17) is 0 Å². The second kappa shape index (κ2) is 6.77. The van der Waals surface area contributed by atoms with Crippen LogP contribution in [0.25, 0.3) is 0 Å². The average molecular weight is 232 g/mol. The highest BCUT2D eigenvalue weighted by atomic mass is 15.2. The van der Waals surface area contributed by atoms with Crippen LogP contribution in [0.4, 0.5) is 0 Å². The van der Waals surface area contributed by atoms with E-state index in [0.29, 0.717) is 0 Å². The molecule has 3 rings (SSSR count). The van der Waals surface area contributed by atoms with E-state index in [1.165, 1.54) is 45.6 Å². The standard InChI is InChI=1S/C9H18N2.C6H6/c1-10-4-6-11(7-5-10)8-9-2-3-9;1-2-4-6-5-3-1/h9H,2-8H2,1H3;1-6H. The van der Waals surface area contributed by atoms with Gasteiger partial charge in [0.15, 0.2) is 0 Å². The van der Waals surface area contributed by atoms with Crippen molar-refractivity contribution in [3.8, 4) is 0 Å². The molecule has 1 saturated heterocycles. The number of rotatable bonds is 2. The smallest absolute Gasteiger partial charge is 0.0110 e. The first-order chi connectivity index (χ1) is 8.34. The predicted molar refractivity (Wildman–Crippen MR) is 73.1 cm³/mol. The fourth-order valence-electron chi connectivity index (χ4n) is 2.08. The third-order valence-corrected chi connectivity index (χ3v) is 3.48. The van der Waals surface area contributed by atoms with Gasteiger partial charge in [0, 0.05) is 32.7 Å². The molecule has 0 unspecified atom stereocenters. The SMILES string of the molecule is CN1CCN(CC2CC2)CC1.c1ccccc1.